The Bertz CT molecular complexity index is 938. The number of carbonyl (C=O) groups is 1. The van der Waals surface area contributed by atoms with Gasteiger partial charge in [-0.3, -0.25) is 9.69 Å². The van der Waals surface area contributed by atoms with Gasteiger partial charge in [0.25, 0.3) is 0 Å². The second-order valence-electron chi connectivity index (χ2n) is 7.62. The molecule has 2 aliphatic rings. The molecular formula is C22H24N4O. The molecule has 0 radical (unpaired) electrons. The van der Waals surface area contributed by atoms with Crippen molar-refractivity contribution in [3.05, 3.63) is 59.9 Å². The number of nitrogens with zero attached hydrogens (tertiary/aromatic N) is 3. The minimum absolute atomic E-state index is 0.142. The Morgan fingerprint density at radius 3 is 2.67 bits per heavy atom. The van der Waals surface area contributed by atoms with Gasteiger partial charge in [0.1, 0.15) is 5.82 Å². The maximum absolute atomic E-state index is 13.0. The normalized spacial score (nSPS) is 18.1. The molecule has 0 unspecified atom stereocenters. The van der Waals surface area contributed by atoms with Crippen LogP contribution in [0.25, 0.3) is 11.0 Å². The zero-order valence-electron chi connectivity index (χ0n) is 15.4. The second kappa shape index (κ2) is 6.82. The standard InChI is InChI=1S/C22H24N4O/c27-22(26-14-11-16-5-1-4-8-20(16)26)17-9-12-25(13-10-17)15-21-23-18-6-2-3-7-19(18)24-21/h1-8,17H,9-15H2,(H,23,24). The number of hydrogen-bond acceptors (Lipinski definition) is 3. The highest BCUT2D eigenvalue weighted by atomic mass is 16.2. The summed E-state index contributed by atoms with van der Waals surface area (Å²) in [4.78, 5) is 25.5. The largest absolute Gasteiger partial charge is 0.341 e. The number of carbonyl (C=O) groups excluding carboxylic acids is 1. The number of anilines is 1. The van der Waals surface area contributed by atoms with Crippen LogP contribution in [0.1, 0.15) is 24.2 Å². The summed E-state index contributed by atoms with van der Waals surface area (Å²) in [6.07, 6.45) is 2.84. The van der Waals surface area contributed by atoms with Crippen molar-refractivity contribution in [1.82, 2.24) is 14.9 Å². The quantitative estimate of drug-likeness (QED) is 0.779. The van der Waals surface area contributed by atoms with E-state index < -0.39 is 0 Å². The van der Waals surface area contributed by atoms with E-state index >= 15 is 0 Å². The van der Waals surface area contributed by atoms with Gasteiger partial charge in [-0.1, -0.05) is 30.3 Å². The summed E-state index contributed by atoms with van der Waals surface area (Å²) in [6, 6.07) is 16.4. The van der Waals surface area contributed by atoms with E-state index in [1.165, 1.54) is 5.56 Å². The zero-order chi connectivity index (χ0) is 18.2. The van der Waals surface area contributed by atoms with Gasteiger partial charge in [-0.05, 0) is 56.1 Å². The van der Waals surface area contributed by atoms with Crippen molar-refractivity contribution in [2.45, 2.75) is 25.8 Å². The number of benzene rings is 2. The van der Waals surface area contributed by atoms with E-state index in [0.29, 0.717) is 5.91 Å². The highest BCUT2D eigenvalue weighted by Gasteiger charge is 2.32. The molecule has 5 rings (SSSR count). The van der Waals surface area contributed by atoms with Crippen LogP contribution in [-0.2, 0) is 17.8 Å². The first-order valence-corrected chi connectivity index (χ1v) is 9.83. The number of rotatable bonds is 3. The van der Waals surface area contributed by atoms with Gasteiger partial charge in [-0.2, -0.15) is 0 Å². The smallest absolute Gasteiger partial charge is 0.230 e. The summed E-state index contributed by atoms with van der Waals surface area (Å²) < 4.78 is 0. The fourth-order valence-corrected chi connectivity index (χ4v) is 4.42. The third-order valence-corrected chi connectivity index (χ3v) is 5.90. The molecule has 2 aromatic carbocycles. The van der Waals surface area contributed by atoms with Crippen molar-refractivity contribution < 1.29 is 4.79 Å². The lowest BCUT2D eigenvalue weighted by Crippen LogP contribution is -2.42. The Morgan fingerprint density at radius 1 is 1.04 bits per heavy atom. The van der Waals surface area contributed by atoms with Crippen LogP contribution >= 0.6 is 0 Å². The molecule has 1 fully saturated rings. The highest BCUT2D eigenvalue weighted by molar-refractivity contribution is 5.97. The molecule has 0 spiro atoms. The maximum atomic E-state index is 13.0. The summed E-state index contributed by atoms with van der Waals surface area (Å²) in [5.41, 5.74) is 4.52. The molecule has 1 amide bonds. The lowest BCUT2D eigenvalue weighted by atomic mass is 9.95. The molecule has 1 aromatic heterocycles. The van der Waals surface area contributed by atoms with Gasteiger partial charge in [0.05, 0.1) is 17.6 Å². The molecule has 2 aliphatic heterocycles. The number of imidazole rings is 1. The van der Waals surface area contributed by atoms with Crippen LogP contribution in [0.15, 0.2) is 48.5 Å². The number of aromatic amines is 1. The molecular weight excluding hydrogens is 336 g/mol. The predicted molar refractivity (Wildman–Crippen MR) is 107 cm³/mol. The number of amides is 1. The van der Waals surface area contributed by atoms with Crippen LogP contribution in [0.4, 0.5) is 5.69 Å². The Hall–Kier alpha value is -2.66. The summed E-state index contributed by atoms with van der Waals surface area (Å²) >= 11 is 0. The van der Waals surface area contributed by atoms with Gasteiger partial charge in [0.15, 0.2) is 0 Å². The molecule has 1 N–H and O–H groups in total. The van der Waals surface area contributed by atoms with Gasteiger partial charge in [-0.15, -0.1) is 0 Å². The third kappa shape index (κ3) is 3.12. The Kier molecular flexibility index (Phi) is 4.17. The van der Waals surface area contributed by atoms with E-state index in [-0.39, 0.29) is 5.92 Å². The van der Waals surface area contributed by atoms with Gasteiger partial charge < -0.3 is 9.88 Å². The maximum Gasteiger partial charge on any atom is 0.230 e. The molecule has 3 heterocycles. The topological polar surface area (TPSA) is 52.2 Å². The van der Waals surface area contributed by atoms with E-state index in [1.807, 2.05) is 29.2 Å². The number of piperidine rings is 1. The lowest BCUT2D eigenvalue weighted by Gasteiger charge is -2.32. The summed E-state index contributed by atoms with van der Waals surface area (Å²) in [5.74, 6) is 1.46. The number of likely N-dealkylation sites (tertiary alicyclic amines) is 1. The Morgan fingerprint density at radius 2 is 1.81 bits per heavy atom. The lowest BCUT2D eigenvalue weighted by molar-refractivity contribution is -0.123. The highest BCUT2D eigenvalue weighted by Crippen LogP contribution is 2.31. The number of fused-ring (bicyclic) bond motifs is 2. The summed E-state index contributed by atoms with van der Waals surface area (Å²) in [5, 5.41) is 0. The van der Waals surface area contributed by atoms with Crippen LogP contribution in [0.2, 0.25) is 0 Å². The number of aromatic nitrogens is 2. The molecule has 138 valence electrons. The van der Waals surface area contributed by atoms with Crippen LogP contribution < -0.4 is 4.90 Å². The van der Waals surface area contributed by atoms with Crippen molar-refractivity contribution in [2.75, 3.05) is 24.5 Å². The molecule has 27 heavy (non-hydrogen) atoms. The fraction of sp³-hybridized carbons (Fsp3) is 0.364. The van der Waals surface area contributed by atoms with E-state index in [4.69, 9.17) is 0 Å². The van der Waals surface area contributed by atoms with Crippen LogP contribution in [0.3, 0.4) is 0 Å². The molecule has 5 nitrogen and oxygen atoms in total. The molecule has 0 atom stereocenters. The molecule has 1 saturated heterocycles. The van der Waals surface area contributed by atoms with Crippen LogP contribution in [0, 0.1) is 5.92 Å². The number of nitrogens with one attached hydrogen (secondary N) is 1. The minimum atomic E-state index is 0.142. The average Bonchev–Trinajstić information content (AvgIpc) is 3.31. The van der Waals surface area contributed by atoms with E-state index in [9.17, 15) is 4.79 Å². The second-order valence-corrected chi connectivity index (χ2v) is 7.62. The van der Waals surface area contributed by atoms with Crippen molar-refractivity contribution >= 4 is 22.6 Å². The van der Waals surface area contributed by atoms with Gasteiger partial charge in [-0.25, -0.2) is 4.98 Å². The fourth-order valence-electron chi connectivity index (χ4n) is 4.42. The van der Waals surface area contributed by atoms with Crippen molar-refractivity contribution in [1.29, 1.82) is 0 Å². The number of H-pyrrole nitrogens is 1. The first kappa shape index (κ1) is 16.5. The average molecular weight is 360 g/mol. The van der Waals surface area contributed by atoms with E-state index in [2.05, 4.69) is 39.1 Å². The minimum Gasteiger partial charge on any atom is -0.341 e. The van der Waals surface area contributed by atoms with Crippen molar-refractivity contribution in [3.63, 3.8) is 0 Å². The summed E-state index contributed by atoms with van der Waals surface area (Å²) in [6.45, 7) is 3.55. The Labute approximate surface area is 159 Å². The molecule has 3 aromatic rings. The molecule has 5 heteroatoms. The SMILES string of the molecule is O=C(C1CCN(Cc2nc3ccccc3[nH]2)CC1)N1CCc2ccccc21. The zero-order valence-corrected chi connectivity index (χ0v) is 15.4. The van der Waals surface area contributed by atoms with E-state index in [0.717, 1.165) is 68.0 Å². The van der Waals surface area contributed by atoms with Crippen LogP contribution in [0.5, 0.6) is 0 Å². The molecule has 0 aliphatic carbocycles. The van der Waals surface area contributed by atoms with Gasteiger partial charge >= 0.3 is 0 Å². The number of hydrogen-bond donors (Lipinski definition) is 1. The van der Waals surface area contributed by atoms with Gasteiger partial charge in [0.2, 0.25) is 5.91 Å². The Balaban J connectivity index is 1.21. The van der Waals surface area contributed by atoms with E-state index in [1.54, 1.807) is 0 Å². The molecule has 0 bridgehead atoms. The first-order chi connectivity index (χ1) is 13.3. The predicted octanol–water partition coefficient (Wildman–Crippen LogP) is 3.36. The van der Waals surface area contributed by atoms with Gasteiger partial charge in [0, 0.05) is 18.2 Å². The third-order valence-electron chi connectivity index (χ3n) is 5.90. The van der Waals surface area contributed by atoms with Crippen molar-refractivity contribution in [2.24, 2.45) is 5.92 Å². The first-order valence-electron chi connectivity index (χ1n) is 9.83. The van der Waals surface area contributed by atoms with Crippen molar-refractivity contribution in [3.8, 4) is 0 Å². The number of para-hydroxylation sites is 3. The van der Waals surface area contributed by atoms with Crippen LogP contribution in [-0.4, -0.2) is 40.4 Å². The summed E-state index contributed by atoms with van der Waals surface area (Å²) in [7, 11) is 0. The monoisotopic (exact) mass is 360 g/mol. The molecule has 0 saturated carbocycles.